The number of para-hydroxylation sites is 1. The maximum absolute atomic E-state index is 9.19. The smallest absolute Gasteiger partial charge is 0.450 e. The van der Waals surface area contributed by atoms with Gasteiger partial charge in [-0.3, -0.25) is 0 Å². The zero-order valence-corrected chi connectivity index (χ0v) is 15.0. The van der Waals surface area contributed by atoms with E-state index in [1.807, 2.05) is 24.3 Å². The first kappa shape index (κ1) is 18.4. The molecule has 140 valence electrons. The number of nitrogens with zero attached hydrogens (tertiary/aromatic N) is 3. The van der Waals surface area contributed by atoms with Crippen LogP contribution in [0.5, 0.6) is 0 Å². The van der Waals surface area contributed by atoms with E-state index >= 15 is 0 Å². The fourth-order valence-corrected chi connectivity index (χ4v) is 3.26. The molecule has 0 saturated heterocycles. The molecule has 1 aliphatic rings. The van der Waals surface area contributed by atoms with Crippen molar-refractivity contribution in [2.24, 2.45) is 5.16 Å². The molecule has 2 aromatic carbocycles. The van der Waals surface area contributed by atoms with Crippen LogP contribution in [0, 0.1) is 0 Å². The van der Waals surface area contributed by atoms with Crippen molar-refractivity contribution in [3.8, 4) is 0 Å². The lowest BCUT2D eigenvalue weighted by atomic mass is 10.0. The van der Waals surface area contributed by atoms with Gasteiger partial charge in [-0.15, -0.1) is 0 Å². The SMILES string of the molecule is COC(=O)O.ON=C1CCn2c(CCc3ccccc3)nc3cccc1c32. The van der Waals surface area contributed by atoms with Crippen molar-refractivity contribution < 1.29 is 19.8 Å². The number of aryl methyl sites for hydroxylation is 3. The Hall–Kier alpha value is -3.35. The van der Waals surface area contributed by atoms with Gasteiger partial charge in [-0.25, -0.2) is 9.78 Å². The number of methoxy groups -OCH3 is 1. The molecule has 7 nitrogen and oxygen atoms in total. The first-order chi connectivity index (χ1) is 13.1. The van der Waals surface area contributed by atoms with Crippen LogP contribution in [0.1, 0.15) is 23.4 Å². The summed E-state index contributed by atoms with van der Waals surface area (Å²) in [6.45, 7) is 0.830. The molecule has 4 rings (SSSR count). The summed E-state index contributed by atoms with van der Waals surface area (Å²) in [7, 11) is 1.10. The molecule has 27 heavy (non-hydrogen) atoms. The molecule has 7 heteroatoms. The van der Waals surface area contributed by atoms with Gasteiger partial charge < -0.3 is 19.6 Å². The van der Waals surface area contributed by atoms with Crippen LogP contribution in [0.2, 0.25) is 0 Å². The van der Waals surface area contributed by atoms with Crippen LogP contribution < -0.4 is 0 Å². The molecule has 0 amide bonds. The van der Waals surface area contributed by atoms with E-state index < -0.39 is 6.16 Å². The molecule has 3 aromatic rings. The highest BCUT2D eigenvalue weighted by molar-refractivity contribution is 6.10. The maximum atomic E-state index is 9.19. The third-order valence-electron chi connectivity index (χ3n) is 4.50. The Kier molecular flexibility index (Phi) is 5.71. The molecule has 2 heterocycles. The summed E-state index contributed by atoms with van der Waals surface area (Å²) in [6, 6.07) is 16.5. The summed E-state index contributed by atoms with van der Waals surface area (Å²) in [6.07, 6.45) is 1.41. The van der Waals surface area contributed by atoms with Crippen LogP contribution >= 0.6 is 0 Å². The van der Waals surface area contributed by atoms with Crippen LogP contribution in [0.15, 0.2) is 53.7 Å². The van der Waals surface area contributed by atoms with Crippen LogP contribution in [0.3, 0.4) is 0 Å². The number of rotatable bonds is 3. The van der Waals surface area contributed by atoms with Gasteiger partial charge in [0.15, 0.2) is 0 Å². The first-order valence-corrected chi connectivity index (χ1v) is 8.64. The van der Waals surface area contributed by atoms with Gasteiger partial charge in [0, 0.05) is 24.9 Å². The Labute approximate surface area is 156 Å². The number of ether oxygens (including phenoxy) is 1. The number of carbonyl (C=O) groups is 1. The van der Waals surface area contributed by atoms with Gasteiger partial charge in [-0.1, -0.05) is 47.6 Å². The second-order valence-corrected chi connectivity index (χ2v) is 6.11. The minimum Gasteiger partial charge on any atom is -0.450 e. The highest BCUT2D eigenvalue weighted by Crippen LogP contribution is 2.27. The number of imidazole rings is 1. The van der Waals surface area contributed by atoms with Crippen LogP contribution in [-0.4, -0.2) is 38.8 Å². The van der Waals surface area contributed by atoms with E-state index in [1.54, 1.807) is 0 Å². The fourth-order valence-electron chi connectivity index (χ4n) is 3.26. The average Bonchev–Trinajstić information content (AvgIpc) is 3.07. The van der Waals surface area contributed by atoms with E-state index in [1.165, 1.54) is 5.56 Å². The van der Waals surface area contributed by atoms with E-state index in [-0.39, 0.29) is 0 Å². The molecule has 0 atom stereocenters. The molecule has 1 aliphatic heterocycles. The molecule has 0 saturated carbocycles. The molecule has 1 aromatic heterocycles. The first-order valence-electron chi connectivity index (χ1n) is 8.64. The Morgan fingerprint density at radius 2 is 1.93 bits per heavy atom. The topological polar surface area (TPSA) is 96.9 Å². The van der Waals surface area contributed by atoms with Crippen molar-refractivity contribution in [2.45, 2.75) is 25.8 Å². The third kappa shape index (κ3) is 4.08. The fraction of sp³-hybridized carbons (Fsp3) is 0.250. The van der Waals surface area contributed by atoms with E-state index in [0.29, 0.717) is 0 Å². The second-order valence-electron chi connectivity index (χ2n) is 6.11. The van der Waals surface area contributed by atoms with Gasteiger partial charge in [-0.05, 0) is 18.1 Å². The van der Waals surface area contributed by atoms with Crippen molar-refractivity contribution in [3.05, 3.63) is 65.5 Å². The van der Waals surface area contributed by atoms with Crippen molar-refractivity contribution in [1.29, 1.82) is 0 Å². The minimum absolute atomic E-state index is 0.747. The van der Waals surface area contributed by atoms with E-state index in [2.05, 4.69) is 38.7 Å². The van der Waals surface area contributed by atoms with Crippen molar-refractivity contribution in [2.75, 3.05) is 7.11 Å². The normalized spacial score (nSPS) is 13.9. The van der Waals surface area contributed by atoms with E-state index in [4.69, 9.17) is 14.9 Å². The molecular formula is C20H21N3O4. The Morgan fingerprint density at radius 1 is 1.19 bits per heavy atom. The van der Waals surface area contributed by atoms with Crippen molar-refractivity contribution >= 4 is 22.9 Å². The quantitative estimate of drug-likeness (QED) is 0.418. The van der Waals surface area contributed by atoms with Gasteiger partial charge in [0.2, 0.25) is 0 Å². The average molecular weight is 367 g/mol. The van der Waals surface area contributed by atoms with Crippen LogP contribution in [-0.2, 0) is 24.1 Å². The lowest BCUT2D eigenvalue weighted by Gasteiger charge is -2.17. The second kappa shape index (κ2) is 8.35. The number of aromatic nitrogens is 2. The zero-order valence-electron chi connectivity index (χ0n) is 15.0. The summed E-state index contributed by atoms with van der Waals surface area (Å²) >= 11 is 0. The summed E-state index contributed by atoms with van der Waals surface area (Å²) in [5, 5.41) is 20.1. The van der Waals surface area contributed by atoms with Crippen molar-refractivity contribution in [1.82, 2.24) is 9.55 Å². The van der Waals surface area contributed by atoms with E-state index in [9.17, 15) is 5.21 Å². The van der Waals surface area contributed by atoms with Gasteiger partial charge in [0.25, 0.3) is 0 Å². The third-order valence-corrected chi connectivity index (χ3v) is 4.50. The summed E-state index contributed by atoms with van der Waals surface area (Å²) in [5.41, 5.74) is 5.18. The summed E-state index contributed by atoms with van der Waals surface area (Å²) in [5.74, 6) is 1.11. The van der Waals surface area contributed by atoms with Crippen molar-refractivity contribution in [3.63, 3.8) is 0 Å². The Bertz CT molecular complexity index is 964. The number of benzene rings is 2. The molecule has 0 fully saturated rings. The number of carboxylic acid groups (broad SMARTS) is 1. The van der Waals surface area contributed by atoms with Gasteiger partial charge in [-0.2, -0.15) is 0 Å². The van der Waals surface area contributed by atoms with E-state index in [0.717, 1.165) is 61.0 Å². The Balaban J connectivity index is 0.000000376. The Morgan fingerprint density at radius 3 is 2.59 bits per heavy atom. The monoisotopic (exact) mass is 367 g/mol. The van der Waals surface area contributed by atoms with Crippen LogP contribution in [0.4, 0.5) is 4.79 Å². The summed E-state index contributed by atoms with van der Waals surface area (Å²) in [4.78, 5) is 13.9. The largest absolute Gasteiger partial charge is 0.505 e. The molecule has 0 radical (unpaired) electrons. The standard InChI is InChI=1S/C18H17N3O.C2H4O3/c22-20-15-11-12-21-17(10-9-13-5-2-1-3-6-13)19-16-8-4-7-14(15)18(16)21;1-5-2(3)4/h1-8,22H,9-12H2;1H3,(H,3,4). The molecule has 0 aliphatic carbocycles. The maximum Gasteiger partial charge on any atom is 0.505 e. The molecule has 2 N–H and O–H groups in total. The van der Waals surface area contributed by atoms with Gasteiger partial charge >= 0.3 is 6.16 Å². The lowest BCUT2D eigenvalue weighted by molar-refractivity contribution is 0.114. The zero-order chi connectivity index (χ0) is 19.2. The van der Waals surface area contributed by atoms with Crippen LogP contribution in [0.25, 0.3) is 11.0 Å². The number of oxime groups is 1. The molecule has 0 spiro atoms. The highest BCUT2D eigenvalue weighted by atomic mass is 16.6. The molecular weight excluding hydrogens is 346 g/mol. The predicted octanol–water partition coefficient (Wildman–Crippen LogP) is 3.71. The highest BCUT2D eigenvalue weighted by Gasteiger charge is 2.21. The van der Waals surface area contributed by atoms with Gasteiger partial charge in [0.05, 0.1) is 23.9 Å². The van der Waals surface area contributed by atoms with Gasteiger partial charge in [0.1, 0.15) is 5.82 Å². The minimum atomic E-state index is -1.25. The number of hydrogen-bond acceptors (Lipinski definition) is 5. The molecule has 0 bridgehead atoms. The molecule has 0 unspecified atom stereocenters. The number of hydrogen-bond donors (Lipinski definition) is 2. The predicted molar refractivity (Wildman–Crippen MR) is 102 cm³/mol. The lowest BCUT2D eigenvalue weighted by Crippen LogP contribution is -2.17. The summed E-state index contributed by atoms with van der Waals surface area (Å²) < 4.78 is 5.95.